The molecule has 1 aliphatic rings. The van der Waals surface area contributed by atoms with Crippen LogP contribution in [0.1, 0.15) is 6.04 Å². The Morgan fingerprint density at radius 3 is 2.61 bits per heavy atom. The van der Waals surface area contributed by atoms with Gasteiger partial charge in [-0.05, 0) is 12.1 Å². The zero-order valence-electron chi connectivity index (χ0n) is 11.9. The molecule has 0 radical (unpaired) electrons. The van der Waals surface area contributed by atoms with Crippen LogP contribution in [0.25, 0.3) is 22.3 Å². The van der Waals surface area contributed by atoms with Crippen LogP contribution in [0.4, 0.5) is 11.5 Å². The zero-order chi connectivity index (χ0) is 16.0. The van der Waals surface area contributed by atoms with Crippen LogP contribution in [0.3, 0.4) is 0 Å². The fraction of sp³-hybridized carbons (Fsp3) is 0.214. The molecule has 1 fully saturated rings. The first kappa shape index (κ1) is 13.6. The zero-order valence-corrected chi connectivity index (χ0v) is 11.9. The molecule has 4 rings (SSSR count). The van der Waals surface area contributed by atoms with Crippen molar-refractivity contribution in [2.75, 3.05) is 18.9 Å². The summed E-state index contributed by atoms with van der Waals surface area (Å²) in [6.45, 7) is 1.14. The van der Waals surface area contributed by atoms with Gasteiger partial charge in [-0.1, -0.05) is 0 Å². The number of rotatable bonds is 3. The molecule has 23 heavy (non-hydrogen) atoms. The molecule has 0 saturated carbocycles. The highest BCUT2D eigenvalue weighted by Gasteiger charge is 2.27. The van der Waals surface area contributed by atoms with Gasteiger partial charge >= 0.3 is 0 Å². The lowest BCUT2D eigenvalue weighted by Crippen LogP contribution is -2.31. The molecule has 2 N–H and O–H groups in total. The van der Waals surface area contributed by atoms with Gasteiger partial charge in [0, 0.05) is 17.7 Å². The third kappa shape index (κ3) is 2.09. The van der Waals surface area contributed by atoms with Gasteiger partial charge in [-0.15, -0.1) is 0 Å². The van der Waals surface area contributed by atoms with Gasteiger partial charge in [-0.2, -0.15) is 5.10 Å². The van der Waals surface area contributed by atoms with Crippen LogP contribution in [0.5, 0.6) is 0 Å². The second-order valence-electron chi connectivity index (χ2n) is 5.25. The minimum absolute atomic E-state index is 0.0223. The van der Waals surface area contributed by atoms with E-state index in [1.54, 1.807) is 16.8 Å². The van der Waals surface area contributed by atoms with Crippen LogP contribution in [0.2, 0.25) is 0 Å². The Hall–Kier alpha value is -3.07. The Morgan fingerprint density at radius 1 is 1.26 bits per heavy atom. The van der Waals surface area contributed by atoms with Crippen LogP contribution in [-0.2, 0) is 4.74 Å². The Labute approximate surface area is 129 Å². The molecule has 116 valence electrons. The molecule has 9 nitrogen and oxygen atoms in total. The summed E-state index contributed by atoms with van der Waals surface area (Å²) < 4.78 is 7.00. The van der Waals surface area contributed by atoms with Gasteiger partial charge in [0.1, 0.15) is 23.9 Å². The second kappa shape index (κ2) is 4.99. The van der Waals surface area contributed by atoms with Gasteiger partial charge in [-0.25, -0.2) is 14.6 Å². The van der Waals surface area contributed by atoms with Crippen LogP contribution in [0.15, 0.2) is 30.6 Å². The topological polar surface area (TPSA) is 122 Å². The van der Waals surface area contributed by atoms with E-state index in [0.717, 1.165) is 5.56 Å². The minimum Gasteiger partial charge on any atom is -0.383 e. The maximum absolute atomic E-state index is 10.8. The standard InChI is InChI=1S/C14H12N6O3/c15-13-11-12(8-1-3-9(4-2-8)20(21)22)18-19(10-5-23-6-10)14(11)17-7-16-13/h1-4,7,10H,5-6H2,(H2,15,16,17). The number of anilines is 1. The summed E-state index contributed by atoms with van der Waals surface area (Å²) in [5.74, 6) is 0.329. The Bertz CT molecular complexity index is 901. The average Bonchev–Trinajstić information content (AvgIpc) is 2.87. The third-order valence-electron chi connectivity index (χ3n) is 3.84. The number of aromatic nitrogens is 4. The van der Waals surface area contributed by atoms with Crippen LogP contribution >= 0.6 is 0 Å². The Morgan fingerprint density at radius 2 is 2.00 bits per heavy atom. The van der Waals surface area contributed by atoms with Crippen LogP contribution < -0.4 is 5.73 Å². The Balaban J connectivity index is 1.90. The molecule has 1 aliphatic heterocycles. The van der Waals surface area contributed by atoms with E-state index < -0.39 is 4.92 Å². The number of nitro benzene ring substituents is 1. The normalized spacial score (nSPS) is 14.8. The molecule has 1 saturated heterocycles. The lowest BCUT2D eigenvalue weighted by atomic mass is 10.1. The van der Waals surface area contributed by atoms with Gasteiger partial charge < -0.3 is 10.5 Å². The fourth-order valence-corrected chi connectivity index (χ4v) is 2.56. The summed E-state index contributed by atoms with van der Waals surface area (Å²) >= 11 is 0. The van der Waals surface area contributed by atoms with Crippen molar-refractivity contribution in [2.45, 2.75) is 6.04 Å². The van der Waals surface area contributed by atoms with Crippen molar-refractivity contribution in [1.82, 2.24) is 19.7 Å². The van der Waals surface area contributed by atoms with Crippen molar-refractivity contribution >= 4 is 22.5 Å². The molecule has 0 amide bonds. The summed E-state index contributed by atoms with van der Waals surface area (Å²) in [7, 11) is 0. The average molecular weight is 312 g/mol. The SMILES string of the molecule is Nc1ncnc2c1c(-c1ccc([N+](=O)[O-])cc1)nn2C1COC1. The number of hydrogen-bond donors (Lipinski definition) is 1. The monoisotopic (exact) mass is 312 g/mol. The molecule has 0 unspecified atom stereocenters. The van der Waals surface area contributed by atoms with Crippen molar-refractivity contribution in [3.8, 4) is 11.3 Å². The van der Waals surface area contributed by atoms with E-state index in [9.17, 15) is 10.1 Å². The number of fused-ring (bicyclic) bond motifs is 1. The molecule has 0 aliphatic carbocycles. The van der Waals surface area contributed by atoms with Crippen molar-refractivity contribution in [3.63, 3.8) is 0 Å². The number of benzene rings is 1. The maximum atomic E-state index is 10.8. The number of nitro groups is 1. The molecule has 0 atom stereocenters. The smallest absolute Gasteiger partial charge is 0.269 e. The number of ether oxygens (including phenoxy) is 1. The van der Waals surface area contributed by atoms with Crippen molar-refractivity contribution < 1.29 is 9.66 Å². The van der Waals surface area contributed by atoms with Crippen LogP contribution in [0, 0.1) is 10.1 Å². The lowest BCUT2D eigenvalue weighted by Gasteiger charge is -2.26. The van der Waals surface area contributed by atoms with Crippen molar-refractivity contribution in [2.24, 2.45) is 0 Å². The highest BCUT2D eigenvalue weighted by atomic mass is 16.6. The summed E-state index contributed by atoms with van der Waals surface area (Å²) in [6.07, 6.45) is 1.40. The van der Waals surface area contributed by atoms with E-state index in [1.807, 2.05) is 0 Å². The summed E-state index contributed by atoms with van der Waals surface area (Å²) in [4.78, 5) is 18.7. The highest BCUT2D eigenvalue weighted by Crippen LogP contribution is 2.33. The van der Waals surface area contributed by atoms with Gasteiger partial charge in [-0.3, -0.25) is 10.1 Å². The largest absolute Gasteiger partial charge is 0.383 e. The van der Waals surface area contributed by atoms with Gasteiger partial charge in [0.15, 0.2) is 5.65 Å². The van der Waals surface area contributed by atoms with E-state index in [0.29, 0.717) is 35.8 Å². The van der Waals surface area contributed by atoms with Crippen molar-refractivity contribution in [1.29, 1.82) is 0 Å². The van der Waals surface area contributed by atoms with E-state index >= 15 is 0 Å². The predicted octanol–water partition coefficient (Wildman–Crippen LogP) is 1.55. The molecule has 3 aromatic rings. The number of nitrogen functional groups attached to an aromatic ring is 1. The number of hydrogen-bond acceptors (Lipinski definition) is 7. The first-order chi connectivity index (χ1) is 11.1. The number of nitrogens with zero attached hydrogens (tertiary/aromatic N) is 5. The summed E-state index contributed by atoms with van der Waals surface area (Å²) in [5.41, 5.74) is 8.00. The lowest BCUT2D eigenvalue weighted by molar-refractivity contribution is -0.384. The van der Waals surface area contributed by atoms with E-state index in [2.05, 4.69) is 15.1 Å². The third-order valence-corrected chi connectivity index (χ3v) is 3.84. The molecule has 1 aromatic carbocycles. The molecule has 0 bridgehead atoms. The van der Waals surface area contributed by atoms with Gasteiger partial charge in [0.2, 0.25) is 0 Å². The molecule has 3 heterocycles. The Kier molecular flexibility index (Phi) is 2.95. The summed E-state index contributed by atoms with van der Waals surface area (Å²) in [6, 6.07) is 6.28. The highest BCUT2D eigenvalue weighted by molar-refractivity contribution is 5.98. The molecule has 0 spiro atoms. The predicted molar refractivity (Wildman–Crippen MR) is 81.7 cm³/mol. The van der Waals surface area contributed by atoms with E-state index in [-0.39, 0.29) is 11.7 Å². The quantitative estimate of drug-likeness (QED) is 0.575. The molecular formula is C14H12N6O3. The molecule has 2 aromatic heterocycles. The number of nitrogens with two attached hydrogens (primary N) is 1. The first-order valence-corrected chi connectivity index (χ1v) is 6.96. The van der Waals surface area contributed by atoms with Crippen molar-refractivity contribution in [3.05, 3.63) is 40.7 Å². The van der Waals surface area contributed by atoms with Crippen LogP contribution in [-0.4, -0.2) is 37.9 Å². The van der Waals surface area contributed by atoms with E-state index in [4.69, 9.17) is 10.5 Å². The molecule has 9 heteroatoms. The van der Waals surface area contributed by atoms with Gasteiger partial charge in [0.05, 0.1) is 23.5 Å². The second-order valence-corrected chi connectivity index (χ2v) is 5.25. The van der Waals surface area contributed by atoms with E-state index in [1.165, 1.54) is 18.5 Å². The van der Waals surface area contributed by atoms with Gasteiger partial charge in [0.25, 0.3) is 5.69 Å². The first-order valence-electron chi connectivity index (χ1n) is 6.96. The molecular weight excluding hydrogens is 300 g/mol. The summed E-state index contributed by atoms with van der Waals surface area (Å²) in [5, 5.41) is 16.0. The maximum Gasteiger partial charge on any atom is 0.269 e. The number of non-ortho nitro benzene ring substituents is 1. The fourth-order valence-electron chi connectivity index (χ4n) is 2.56. The minimum atomic E-state index is -0.441.